The van der Waals surface area contributed by atoms with E-state index in [0.717, 1.165) is 53.1 Å². The molecular formula is C21H30N4OS. The van der Waals surface area contributed by atoms with E-state index in [2.05, 4.69) is 36.7 Å². The standard InChI is InChI=1S/C21H30N4OS/c1-6-18-14-19(25(8-3)9-4)23-21(22-18)27-15-16-10-12-17(13-11-16)20(26)24(5)7-2/h10-14H,6-9,15H2,1-5H3. The number of aromatic nitrogens is 2. The zero-order valence-corrected chi connectivity index (χ0v) is 17.8. The Labute approximate surface area is 167 Å². The third kappa shape index (κ3) is 5.70. The molecule has 0 radical (unpaired) electrons. The van der Waals surface area contributed by atoms with E-state index in [-0.39, 0.29) is 5.91 Å². The van der Waals surface area contributed by atoms with Gasteiger partial charge in [0.1, 0.15) is 5.82 Å². The van der Waals surface area contributed by atoms with Crippen LogP contribution in [0.2, 0.25) is 0 Å². The van der Waals surface area contributed by atoms with E-state index in [1.807, 2.05) is 38.2 Å². The SMILES string of the molecule is CCc1cc(N(CC)CC)nc(SCc2ccc(C(=O)N(C)CC)cc2)n1. The van der Waals surface area contributed by atoms with Crippen molar-refractivity contribution in [3.63, 3.8) is 0 Å². The number of amides is 1. The number of nitrogens with zero attached hydrogens (tertiary/aromatic N) is 4. The molecule has 1 heterocycles. The smallest absolute Gasteiger partial charge is 0.253 e. The monoisotopic (exact) mass is 386 g/mol. The topological polar surface area (TPSA) is 49.3 Å². The summed E-state index contributed by atoms with van der Waals surface area (Å²) in [5, 5.41) is 0.808. The predicted molar refractivity (Wildman–Crippen MR) is 114 cm³/mol. The van der Waals surface area contributed by atoms with E-state index < -0.39 is 0 Å². The first-order valence-electron chi connectivity index (χ1n) is 9.62. The predicted octanol–water partition coefficient (Wildman–Crippen LogP) is 4.27. The maximum absolute atomic E-state index is 12.2. The van der Waals surface area contributed by atoms with Gasteiger partial charge in [0, 0.05) is 49.8 Å². The number of carbonyl (C=O) groups excluding carboxylic acids is 1. The number of carbonyl (C=O) groups is 1. The zero-order valence-electron chi connectivity index (χ0n) is 17.0. The molecule has 146 valence electrons. The average Bonchev–Trinajstić information content (AvgIpc) is 2.72. The molecule has 0 unspecified atom stereocenters. The zero-order chi connectivity index (χ0) is 19.8. The van der Waals surface area contributed by atoms with Crippen molar-refractivity contribution in [2.45, 2.75) is 45.0 Å². The minimum atomic E-state index is 0.0551. The first-order valence-corrected chi connectivity index (χ1v) is 10.6. The highest BCUT2D eigenvalue weighted by Gasteiger charge is 2.11. The Morgan fingerprint density at radius 2 is 1.67 bits per heavy atom. The van der Waals surface area contributed by atoms with Crippen molar-refractivity contribution in [2.24, 2.45) is 0 Å². The molecular weight excluding hydrogens is 356 g/mol. The largest absolute Gasteiger partial charge is 0.357 e. The Hall–Kier alpha value is -2.08. The van der Waals surface area contributed by atoms with E-state index >= 15 is 0 Å². The quantitative estimate of drug-likeness (QED) is 0.476. The van der Waals surface area contributed by atoms with Crippen LogP contribution in [0.15, 0.2) is 35.5 Å². The van der Waals surface area contributed by atoms with Crippen LogP contribution in [0.1, 0.15) is 49.3 Å². The molecule has 0 fully saturated rings. The lowest BCUT2D eigenvalue weighted by molar-refractivity contribution is 0.0802. The molecule has 0 aliphatic heterocycles. The highest BCUT2D eigenvalue weighted by Crippen LogP contribution is 2.23. The Bertz CT molecular complexity index is 744. The summed E-state index contributed by atoms with van der Waals surface area (Å²) >= 11 is 1.64. The molecule has 0 N–H and O–H groups in total. The van der Waals surface area contributed by atoms with Gasteiger partial charge in [0.25, 0.3) is 5.91 Å². The van der Waals surface area contributed by atoms with Crippen molar-refractivity contribution in [1.82, 2.24) is 14.9 Å². The molecule has 1 amide bonds. The van der Waals surface area contributed by atoms with E-state index in [4.69, 9.17) is 4.98 Å². The van der Waals surface area contributed by atoms with E-state index in [1.54, 1.807) is 16.7 Å². The summed E-state index contributed by atoms with van der Waals surface area (Å²) in [6.07, 6.45) is 0.895. The summed E-state index contributed by atoms with van der Waals surface area (Å²) in [5.41, 5.74) is 2.95. The van der Waals surface area contributed by atoms with Gasteiger partial charge in [0.15, 0.2) is 5.16 Å². The fourth-order valence-corrected chi connectivity index (χ4v) is 3.50. The minimum Gasteiger partial charge on any atom is -0.357 e. The van der Waals surface area contributed by atoms with Crippen molar-refractivity contribution in [3.8, 4) is 0 Å². The van der Waals surface area contributed by atoms with Gasteiger partial charge >= 0.3 is 0 Å². The molecule has 1 aromatic heterocycles. The number of thioether (sulfide) groups is 1. The lowest BCUT2D eigenvalue weighted by Crippen LogP contribution is -2.26. The molecule has 0 atom stereocenters. The second-order valence-electron chi connectivity index (χ2n) is 6.33. The van der Waals surface area contributed by atoms with Gasteiger partial charge in [0.2, 0.25) is 0 Å². The summed E-state index contributed by atoms with van der Waals surface area (Å²) in [4.78, 5) is 25.5. The summed E-state index contributed by atoms with van der Waals surface area (Å²) in [6.45, 7) is 10.9. The second-order valence-corrected chi connectivity index (χ2v) is 7.27. The van der Waals surface area contributed by atoms with Crippen LogP contribution in [-0.4, -0.2) is 47.5 Å². The van der Waals surface area contributed by atoms with Crippen LogP contribution in [0.25, 0.3) is 0 Å². The molecule has 2 aromatic rings. The second kappa shape index (κ2) is 10.3. The van der Waals surface area contributed by atoms with Crippen molar-refractivity contribution < 1.29 is 4.79 Å². The van der Waals surface area contributed by atoms with Crippen molar-refractivity contribution in [2.75, 3.05) is 31.6 Å². The maximum Gasteiger partial charge on any atom is 0.253 e. The van der Waals surface area contributed by atoms with Gasteiger partial charge in [-0.15, -0.1) is 0 Å². The van der Waals surface area contributed by atoms with Crippen LogP contribution < -0.4 is 4.90 Å². The molecule has 2 rings (SSSR count). The van der Waals surface area contributed by atoms with Gasteiger partial charge in [-0.2, -0.15) is 0 Å². The fraction of sp³-hybridized carbons (Fsp3) is 0.476. The lowest BCUT2D eigenvalue weighted by atomic mass is 10.1. The molecule has 0 saturated carbocycles. The third-order valence-corrected chi connectivity index (χ3v) is 5.50. The number of rotatable bonds is 9. The number of hydrogen-bond donors (Lipinski definition) is 0. The van der Waals surface area contributed by atoms with Crippen LogP contribution in [-0.2, 0) is 12.2 Å². The minimum absolute atomic E-state index is 0.0551. The fourth-order valence-electron chi connectivity index (χ4n) is 2.67. The van der Waals surface area contributed by atoms with Crippen LogP contribution in [0.3, 0.4) is 0 Å². The Balaban J connectivity index is 2.09. The number of anilines is 1. The molecule has 0 spiro atoms. The van der Waals surface area contributed by atoms with Gasteiger partial charge in [-0.3, -0.25) is 4.79 Å². The molecule has 5 nitrogen and oxygen atoms in total. The average molecular weight is 387 g/mol. The molecule has 1 aromatic carbocycles. The van der Waals surface area contributed by atoms with E-state index in [9.17, 15) is 4.79 Å². The van der Waals surface area contributed by atoms with Crippen LogP contribution in [0.4, 0.5) is 5.82 Å². The summed E-state index contributed by atoms with van der Waals surface area (Å²) in [7, 11) is 1.82. The number of aryl methyl sites for hydroxylation is 1. The van der Waals surface area contributed by atoms with Gasteiger partial charge in [-0.1, -0.05) is 30.8 Å². The Morgan fingerprint density at radius 1 is 1.00 bits per heavy atom. The molecule has 6 heteroatoms. The first-order chi connectivity index (χ1) is 13.0. The number of hydrogen-bond acceptors (Lipinski definition) is 5. The maximum atomic E-state index is 12.2. The van der Waals surface area contributed by atoms with Crippen molar-refractivity contribution in [1.29, 1.82) is 0 Å². The van der Waals surface area contributed by atoms with E-state index in [1.165, 1.54) is 0 Å². The van der Waals surface area contributed by atoms with Crippen LogP contribution in [0.5, 0.6) is 0 Å². The third-order valence-electron chi connectivity index (χ3n) is 4.58. The first kappa shape index (κ1) is 21.2. The molecule has 0 aliphatic rings. The normalized spacial score (nSPS) is 10.7. The van der Waals surface area contributed by atoms with Crippen molar-refractivity contribution in [3.05, 3.63) is 47.2 Å². The van der Waals surface area contributed by atoms with Gasteiger partial charge in [0.05, 0.1) is 0 Å². The number of benzene rings is 1. The van der Waals surface area contributed by atoms with Crippen LogP contribution in [0, 0.1) is 0 Å². The van der Waals surface area contributed by atoms with Gasteiger partial charge < -0.3 is 9.80 Å². The summed E-state index contributed by atoms with van der Waals surface area (Å²) in [5.74, 6) is 1.83. The molecule has 27 heavy (non-hydrogen) atoms. The molecule has 0 bridgehead atoms. The molecule has 0 saturated heterocycles. The Kier molecular flexibility index (Phi) is 8.10. The van der Waals surface area contributed by atoms with E-state index in [0.29, 0.717) is 6.54 Å². The van der Waals surface area contributed by atoms with Gasteiger partial charge in [-0.25, -0.2) is 9.97 Å². The summed E-state index contributed by atoms with van der Waals surface area (Å²) in [6, 6.07) is 9.91. The van der Waals surface area contributed by atoms with Crippen molar-refractivity contribution >= 4 is 23.5 Å². The highest BCUT2D eigenvalue weighted by molar-refractivity contribution is 7.98. The summed E-state index contributed by atoms with van der Waals surface area (Å²) < 4.78 is 0. The highest BCUT2D eigenvalue weighted by atomic mass is 32.2. The molecule has 0 aliphatic carbocycles. The van der Waals surface area contributed by atoms with Crippen LogP contribution >= 0.6 is 11.8 Å². The Morgan fingerprint density at radius 3 is 2.22 bits per heavy atom. The lowest BCUT2D eigenvalue weighted by Gasteiger charge is -2.20. The van der Waals surface area contributed by atoms with Gasteiger partial charge in [-0.05, 0) is 44.9 Å².